The van der Waals surface area contributed by atoms with Crippen LogP contribution < -0.4 is 14.8 Å². The van der Waals surface area contributed by atoms with E-state index in [4.69, 9.17) is 13.6 Å². The van der Waals surface area contributed by atoms with Gasteiger partial charge in [-0.3, -0.25) is 0 Å². The molecule has 1 N–H and O–H groups in total. The topological polar surface area (TPSA) is 33.7 Å². The van der Waals surface area contributed by atoms with E-state index < -0.39 is 6.98 Å². The van der Waals surface area contributed by atoms with E-state index in [-0.39, 0.29) is 6.04 Å². The summed E-state index contributed by atoms with van der Waals surface area (Å²) >= 11 is 0. The molecule has 2 atom stereocenters. The lowest BCUT2D eigenvalue weighted by Crippen LogP contribution is -2.27. The summed E-state index contributed by atoms with van der Waals surface area (Å²) in [6, 6.07) is 4.10. The predicted molar refractivity (Wildman–Crippen MR) is 81.0 cm³/mol. The average molecular weight is 279 g/mol. The van der Waals surface area contributed by atoms with E-state index >= 15 is 0 Å². The second kappa shape index (κ2) is 5.52. The van der Waals surface area contributed by atoms with E-state index in [1.54, 1.807) is 19.1 Å². The molecular formula is C16H24N2O2. The molecule has 4 heteroatoms. The summed E-state index contributed by atoms with van der Waals surface area (Å²) in [6.45, 7) is -0.495. The first-order valence-corrected chi connectivity index (χ1v) is 7.20. The van der Waals surface area contributed by atoms with Gasteiger partial charge < -0.3 is 19.7 Å². The van der Waals surface area contributed by atoms with Crippen LogP contribution in [-0.2, 0) is 0 Å². The maximum absolute atomic E-state index is 7.70. The molecule has 4 nitrogen and oxygen atoms in total. The highest BCUT2D eigenvalue weighted by molar-refractivity contribution is 5.65. The fraction of sp³-hybridized carbons (Fsp3) is 0.625. The molecule has 0 spiro atoms. The van der Waals surface area contributed by atoms with Crippen LogP contribution in [-0.4, -0.2) is 45.2 Å². The molecule has 0 aliphatic carbocycles. The highest BCUT2D eigenvalue weighted by Gasteiger charge is 2.30. The van der Waals surface area contributed by atoms with Crippen molar-refractivity contribution >= 4 is 5.69 Å². The van der Waals surface area contributed by atoms with Gasteiger partial charge in [0.05, 0.1) is 14.2 Å². The Morgan fingerprint density at radius 2 is 2.15 bits per heavy atom. The summed E-state index contributed by atoms with van der Waals surface area (Å²) in [5.41, 5.74) is 2.26. The van der Waals surface area contributed by atoms with Gasteiger partial charge in [0.1, 0.15) is 0 Å². The lowest BCUT2D eigenvalue weighted by molar-refractivity contribution is 0.285. The van der Waals surface area contributed by atoms with E-state index in [0.29, 0.717) is 18.2 Å². The van der Waals surface area contributed by atoms with Crippen molar-refractivity contribution in [2.75, 3.05) is 39.6 Å². The lowest BCUT2D eigenvalue weighted by atomic mass is 9.92. The molecule has 2 aliphatic heterocycles. The van der Waals surface area contributed by atoms with Gasteiger partial charge in [0.15, 0.2) is 11.5 Å². The Balaban J connectivity index is 1.80. The molecule has 0 saturated carbocycles. The summed E-state index contributed by atoms with van der Waals surface area (Å²) in [5, 5.41) is 3.41. The monoisotopic (exact) mass is 279 g/mol. The molecule has 0 aromatic heterocycles. The van der Waals surface area contributed by atoms with Crippen LogP contribution in [0, 0.1) is 0 Å². The molecule has 0 bridgehead atoms. The highest BCUT2D eigenvalue weighted by Crippen LogP contribution is 2.42. The zero-order chi connectivity index (χ0) is 16.6. The first kappa shape index (κ1) is 10.3. The number of nitrogens with zero attached hydrogens (tertiary/aromatic N) is 1. The van der Waals surface area contributed by atoms with E-state index in [9.17, 15) is 0 Å². The number of ether oxygens (including phenoxy) is 2. The Bertz CT molecular complexity index is 577. The third kappa shape index (κ3) is 2.33. The van der Waals surface area contributed by atoms with E-state index in [2.05, 4.69) is 5.32 Å². The van der Waals surface area contributed by atoms with E-state index in [1.165, 1.54) is 5.56 Å². The van der Waals surface area contributed by atoms with Crippen molar-refractivity contribution in [3.05, 3.63) is 17.7 Å². The molecule has 110 valence electrons. The standard InChI is InChI=1S/C16H24N2O2/c1-18-6-4-5-12(18)7-11-10-17-14-9-16(20-3)15(19-2)8-13(11)14/h8-9,11-12,17H,4-7,10H2,1-3H3/t11?,12-/m1/s1/i1D3. The number of rotatable bonds is 4. The lowest BCUT2D eigenvalue weighted by Gasteiger charge is -2.23. The Labute approximate surface area is 125 Å². The maximum atomic E-state index is 7.70. The van der Waals surface area contributed by atoms with Crippen LogP contribution in [0.25, 0.3) is 0 Å². The third-order valence-corrected chi connectivity index (χ3v) is 4.47. The molecule has 2 heterocycles. The molecular weight excluding hydrogens is 252 g/mol. The van der Waals surface area contributed by atoms with Gasteiger partial charge in [0.25, 0.3) is 0 Å². The summed E-state index contributed by atoms with van der Waals surface area (Å²) < 4.78 is 33.9. The van der Waals surface area contributed by atoms with Crippen LogP contribution in [0.3, 0.4) is 0 Å². The first-order valence-electron chi connectivity index (χ1n) is 8.70. The van der Waals surface area contributed by atoms with Crippen LogP contribution in [0.2, 0.25) is 0 Å². The van der Waals surface area contributed by atoms with Crippen molar-refractivity contribution in [2.24, 2.45) is 0 Å². The van der Waals surface area contributed by atoms with Gasteiger partial charge in [-0.25, -0.2) is 0 Å². The number of nitrogens with one attached hydrogen (secondary N) is 1. The Hall–Kier alpha value is -1.42. The molecule has 1 aromatic carbocycles. The second-order valence-corrected chi connectivity index (χ2v) is 5.60. The zero-order valence-corrected chi connectivity index (χ0v) is 12.1. The minimum Gasteiger partial charge on any atom is -0.493 e. The van der Waals surface area contributed by atoms with Crippen LogP contribution in [0.4, 0.5) is 5.69 Å². The van der Waals surface area contributed by atoms with Crippen molar-refractivity contribution < 1.29 is 13.6 Å². The van der Waals surface area contributed by atoms with E-state index in [0.717, 1.165) is 37.2 Å². The molecule has 1 fully saturated rings. The quantitative estimate of drug-likeness (QED) is 0.919. The average Bonchev–Trinajstić information content (AvgIpc) is 3.13. The fourth-order valence-electron chi connectivity index (χ4n) is 3.35. The van der Waals surface area contributed by atoms with Crippen LogP contribution in [0.5, 0.6) is 11.5 Å². The summed E-state index contributed by atoms with van der Waals surface area (Å²) in [5.74, 6) is 1.74. The number of fused-ring (bicyclic) bond motifs is 1. The SMILES string of the molecule is [2H]C([2H])([2H])N1CCC[C@@H]1CC1CNc2cc(OC)c(OC)cc21. The predicted octanol–water partition coefficient (Wildman–Crippen LogP) is 2.70. The van der Waals surface area contributed by atoms with Crippen molar-refractivity contribution in [3.63, 3.8) is 0 Å². The number of hydrogen-bond donors (Lipinski definition) is 1. The molecule has 1 saturated heterocycles. The van der Waals surface area contributed by atoms with Crippen molar-refractivity contribution in [1.82, 2.24) is 4.90 Å². The molecule has 1 aromatic rings. The summed E-state index contributed by atoms with van der Waals surface area (Å²) in [7, 11) is 3.26. The van der Waals surface area contributed by atoms with Gasteiger partial charge in [0, 0.05) is 34.4 Å². The van der Waals surface area contributed by atoms with Crippen LogP contribution in [0.15, 0.2) is 12.1 Å². The van der Waals surface area contributed by atoms with Crippen molar-refractivity contribution in [2.45, 2.75) is 31.2 Å². The minimum absolute atomic E-state index is 0.119. The second-order valence-electron chi connectivity index (χ2n) is 5.60. The summed E-state index contributed by atoms with van der Waals surface area (Å²) in [4.78, 5) is 1.69. The molecule has 20 heavy (non-hydrogen) atoms. The van der Waals surface area contributed by atoms with Gasteiger partial charge in [0.2, 0.25) is 0 Å². The van der Waals surface area contributed by atoms with Gasteiger partial charge in [-0.05, 0) is 44.4 Å². The van der Waals surface area contributed by atoms with E-state index in [1.807, 2.05) is 12.1 Å². The van der Waals surface area contributed by atoms with Crippen molar-refractivity contribution in [3.8, 4) is 11.5 Å². The normalized spacial score (nSPS) is 28.2. The molecule has 3 rings (SSSR count). The number of hydrogen-bond acceptors (Lipinski definition) is 4. The largest absolute Gasteiger partial charge is 0.493 e. The Morgan fingerprint density at radius 3 is 2.90 bits per heavy atom. The van der Waals surface area contributed by atoms with Crippen LogP contribution >= 0.6 is 0 Å². The number of anilines is 1. The van der Waals surface area contributed by atoms with Gasteiger partial charge in [-0.1, -0.05) is 0 Å². The first-order chi connectivity index (χ1) is 10.9. The number of benzene rings is 1. The molecule has 0 radical (unpaired) electrons. The Morgan fingerprint density at radius 1 is 1.35 bits per heavy atom. The highest BCUT2D eigenvalue weighted by atomic mass is 16.5. The molecule has 2 aliphatic rings. The zero-order valence-electron chi connectivity index (χ0n) is 15.1. The third-order valence-electron chi connectivity index (χ3n) is 4.47. The molecule has 0 amide bonds. The number of methoxy groups -OCH3 is 2. The smallest absolute Gasteiger partial charge is 0.162 e. The fourth-order valence-corrected chi connectivity index (χ4v) is 3.35. The maximum Gasteiger partial charge on any atom is 0.162 e. The minimum atomic E-state index is -1.99. The van der Waals surface area contributed by atoms with Crippen LogP contribution in [0.1, 0.15) is 34.9 Å². The van der Waals surface area contributed by atoms with Gasteiger partial charge >= 0.3 is 0 Å². The number of likely N-dealkylation sites (tertiary alicyclic amines) is 1. The van der Waals surface area contributed by atoms with Gasteiger partial charge in [-0.15, -0.1) is 0 Å². The van der Waals surface area contributed by atoms with Gasteiger partial charge in [-0.2, -0.15) is 0 Å². The molecule has 1 unspecified atom stereocenters. The van der Waals surface area contributed by atoms with Crippen molar-refractivity contribution in [1.29, 1.82) is 0 Å². The summed E-state index contributed by atoms with van der Waals surface area (Å²) in [6.07, 6.45) is 2.77. The Kier molecular flexibility index (Phi) is 2.85.